The van der Waals surface area contributed by atoms with Gasteiger partial charge < -0.3 is 10.1 Å². The first kappa shape index (κ1) is 19.7. The molecule has 0 bridgehead atoms. The van der Waals surface area contributed by atoms with Crippen LogP contribution in [-0.4, -0.2) is 27.1 Å². The van der Waals surface area contributed by atoms with Crippen molar-refractivity contribution in [2.75, 3.05) is 0 Å². The molecule has 3 rings (SSSR count). The van der Waals surface area contributed by atoms with Gasteiger partial charge in [0.2, 0.25) is 5.88 Å². The molecule has 1 aliphatic carbocycles. The largest absolute Gasteiger partial charge is 0.494 e. The maximum Gasteiger partial charge on any atom is 0.264 e. The van der Waals surface area contributed by atoms with Crippen LogP contribution in [0, 0.1) is 10.7 Å². The first-order valence-electron chi connectivity index (χ1n) is 9.18. The van der Waals surface area contributed by atoms with Crippen LogP contribution in [0.25, 0.3) is 0 Å². The summed E-state index contributed by atoms with van der Waals surface area (Å²) >= 11 is 6.35. The van der Waals surface area contributed by atoms with Gasteiger partial charge in [-0.15, -0.1) is 11.3 Å². The number of unbranched alkanes of at least 4 members (excludes halogenated alkanes) is 1. The molecule has 2 aromatic heterocycles. The van der Waals surface area contributed by atoms with Gasteiger partial charge in [-0.25, -0.2) is 4.99 Å². The van der Waals surface area contributed by atoms with Crippen LogP contribution < -0.4 is 5.56 Å². The summed E-state index contributed by atoms with van der Waals surface area (Å²) in [5.41, 5.74) is 1.30. The number of Topliss-reactive ketones (excluding diaryl/α,β-unsaturated/α-hetero) is 1. The van der Waals surface area contributed by atoms with Crippen molar-refractivity contribution in [1.82, 2.24) is 9.97 Å². The molecule has 1 aliphatic rings. The van der Waals surface area contributed by atoms with Gasteiger partial charge in [0.15, 0.2) is 10.6 Å². The molecule has 0 unspecified atom stereocenters. The van der Waals surface area contributed by atoms with Crippen LogP contribution in [0.1, 0.15) is 65.9 Å². The molecule has 8 heteroatoms. The smallest absolute Gasteiger partial charge is 0.264 e. The van der Waals surface area contributed by atoms with Crippen molar-refractivity contribution >= 4 is 40.6 Å². The zero-order valence-corrected chi connectivity index (χ0v) is 17.1. The molecule has 1 atom stereocenters. The highest BCUT2D eigenvalue weighted by Crippen LogP contribution is 2.42. The van der Waals surface area contributed by atoms with Gasteiger partial charge in [-0.3, -0.25) is 14.6 Å². The molecule has 2 aromatic rings. The number of aromatic amines is 2. The third kappa shape index (κ3) is 4.27. The highest BCUT2D eigenvalue weighted by molar-refractivity contribution is 7.71. The van der Waals surface area contributed by atoms with Crippen molar-refractivity contribution in [2.24, 2.45) is 10.9 Å². The lowest BCUT2D eigenvalue weighted by molar-refractivity contribution is 0.0979. The monoisotopic (exact) mass is 405 g/mol. The van der Waals surface area contributed by atoms with Crippen molar-refractivity contribution < 1.29 is 9.90 Å². The van der Waals surface area contributed by atoms with E-state index in [4.69, 9.17) is 12.2 Å². The number of hydrogen-bond acceptors (Lipinski definition) is 6. The number of fused-ring (bicyclic) bond motifs is 1. The van der Waals surface area contributed by atoms with Crippen LogP contribution in [-0.2, 0) is 12.8 Å². The molecular weight excluding hydrogens is 382 g/mol. The van der Waals surface area contributed by atoms with E-state index in [1.54, 1.807) is 0 Å². The summed E-state index contributed by atoms with van der Waals surface area (Å²) in [6.45, 7) is 4.28. The summed E-state index contributed by atoms with van der Waals surface area (Å²) < 4.78 is 0.0469. The van der Waals surface area contributed by atoms with Crippen LogP contribution in [0.4, 0.5) is 5.00 Å². The lowest BCUT2D eigenvalue weighted by atomic mass is 9.87. The molecule has 2 heterocycles. The highest BCUT2D eigenvalue weighted by atomic mass is 32.1. The number of nitrogens with zero attached hydrogens (tertiary/aromatic N) is 1. The molecular formula is C19H23N3O3S2. The zero-order valence-electron chi connectivity index (χ0n) is 15.4. The number of aliphatic imine (C=N–C) groups is 1. The third-order valence-corrected chi connectivity index (χ3v) is 6.17. The number of carbonyl (C=O) groups excluding carboxylic acids is 1. The Hall–Kier alpha value is -2.06. The van der Waals surface area contributed by atoms with Crippen molar-refractivity contribution in [3.63, 3.8) is 0 Å². The number of aromatic nitrogens is 2. The lowest BCUT2D eigenvalue weighted by Crippen LogP contribution is -2.13. The van der Waals surface area contributed by atoms with Crippen LogP contribution in [0.2, 0.25) is 0 Å². The van der Waals surface area contributed by atoms with Crippen LogP contribution in [0.3, 0.4) is 0 Å². The van der Waals surface area contributed by atoms with Crippen molar-refractivity contribution in [3.8, 4) is 5.88 Å². The van der Waals surface area contributed by atoms with E-state index in [-0.39, 0.29) is 22.0 Å². The van der Waals surface area contributed by atoms with Gasteiger partial charge in [0.1, 0.15) is 10.6 Å². The number of ketones is 1. The number of rotatable bonds is 6. The molecule has 0 aromatic carbocycles. The predicted molar refractivity (Wildman–Crippen MR) is 111 cm³/mol. The first-order valence-corrected chi connectivity index (χ1v) is 10.4. The number of carbonyl (C=O) groups is 1. The lowest BCUT2D eigenvalue weighted by Gasteiger charge is -2.18. The molecule has 0 spiro atoms. The normalized spacial score (nSPS) is 16.6. The molecule has 0 aliphatic heterocycles. The van der Waals surface area contributed by atoms with Gasteiger partial charge in [0.25, 0.3) is 5.56 Å². The van der Waals surface area contributed by atoms with Gasteiger partial charge in [-0.2, -0.15) is 0 Å². The van der Waals surface area contributed by atoms with Gasteiger partial charge >= 0.3 is 0 Å². The maximum atomic E-state index is 12.8. The molecule has 0 fully saturated rings. The Labute approximate surface area is 166 Å². The summed E-state index contributed by atoms with van der Waals surface area (Å²) in [7, 11) is 0. The van der Waals surface area contributed by atoms with Gasteiger partial charge in [0.05, 0.1) is 5.56 Å². The number of thiophene rings is 1. The minimum Gasteiger partial charge on any atom is -0.494 e. The second-order valence-corrected chi connectivity index (χ2v) is 8.48. The topological polar surface area (TPSA) is 98.3 Å². The predicted octanol–water partition coefficient (Wildman–Crippen LogP) is 4.45. The van der Waals surface area contributed by atoms with Crippen LogP contribution in [0.15, 0.2) is 9.79 Å². The Balaban J connectivity index is 2.03. The van der Waals surface area contributed by atoms with E-state index in [1.165, 1.54) is 22.4 Å². The van der Waals surface area contributed by atoms with E-state index in [9.17, 15) is 14.7 Å². The summed E-state index contributed by atoms with van der Waals surface area (Å²) in [6.07, 6.45) is 6.52. The van der Waals surface area contributed by atoms with Gasteiger partial charge in [-0.1, -0.05) is 20.3 Å². The summed E-state index contributed by atoms with van der Waals surface area (Å²) in [6, 6.07) is 0. The Bertz CT molecular complexity index is 1000. The zero-order chi connectivity index (χ0) is 19.6. The number of aromatic hydroxyl groups is 1. The molecule has 6 nitrogen and oxygen atoms in total. The van der Waals surface area contributed by atoms with Crippen molar-refractivity contribution in [2.45, 2.75) is 52.4 Å². The minimum atomic E-state index is -0.520. The maximum absolute atomic E-state index is 12.8. The third-order valence-electron chi connectivity index (χ3n) is 4.80. The summed E-state index contributed by atoms with van der Waals surface area (Å²) in [5, 5.41) is 10.6. The fraction of sp³-hybridized carbons (Fsp3) is 0.474. The van der Waals surface area contributed by atoms with Crippen molar-refractivity contribution in [1.29, 1.82) is 0 Å². The van der Waals surface area contributed by atoms with Crippen molar-refractivity contribution in [3.05, 3.63) is 36.7 Å². The van der Waals surface area contributed by atoms with Gasteiger partial charge in [-0.05, 0) is 49.4 Å². The van der Waals surface area contributed by atoms with E-state index in [2.05, 4.69) is 28.8 Å². The van der Waals surface area contributed by atoms with E-state index < -0.39 is 5.56 Å². The highest BCUT2D eigenvalue weighted by Gasteiger charge is 2.27. The van der Waals surface area contributed by atoms with E-state index in [1.807, 2.05) is 0 Å². The molecule has 0 amide bonds. The standard InChI is InChI=1S/C19H23N3O3S2/c1-3-4-5-13(23)15-11-7-6-10(2)8-14(11)27-18(15)20-9-12-16(24)21-19(26)22-17(12)25/h9-10H,3-8H2,1-2H3,(H3,21,22,24,25,26)/t10-/m0/s1. The quantitative estimate of drug-likeness (QED) is 0.376. The summed E-state index contributed by atoms with van der Waals surface area (Å²) in [5.74, 6) is 0.371. The summed E-state index contributed by atoms with van der Waals surface area (Å²) in [4.78, 5) is 35.4. The molecule has 144 valence electrons. The molecule has 0 radical (unpaired) electrons. The number of hydrogen-bond donors (Lipinski definition) is 3. The van der Waals surface area contributed by atoms with Crippen LogP contribution >= 0.6 is 23.6 Å². The Morgan fingerprint density at radius 1 is 1.44 bits per heavy atom. The van der Waals surface area contributed by atoms with Gasteiger partial charge in [0, 0.05) is 17.5 Å². The van der Waals surface area contributed by atoms with E-state index in [0.29, 0.717) is 22.9 Å². The van der Waals surface area contributed by atoms with E-state index >= 15 is 0 Å². The molecule has 0 saturated heterocycles. The average Bonchev–Trinajstić information content (AvgIpc) is 2.96. The number of nitrogens with one attached hydrogen (secondary N) is 2. The molecule has 27 heavy (non-hydrogen) atoms. The molecule has 3 N–H and O–H groups in total. The first-order chi connectivity index (χ1) is 12.9. The minimum absolute atomic E-state index is 0.00435. The molecule has 0 saturated carbocycles. The SMILES string of the molecule is CCCCC(=O)c1c(N=Cc2c(O)[nH]c(=S)[nH]c2=O)sc2c1CC[C@H](C)C2. The number of H-pyrrole nitrogens is 2. The fourth-order valence-electron chi connectivity index (χ4n) is 3.30. The van der Waals surface area contributed by atoms with E-state index in [0.717, 1.165) is 37.7 Å². The Kier molecular flexibility index (Phi) is 6.06. The fourth-order valence-corrected chi connectivity index (χ4v) is 4.87. The van der Waals surface area contributed by atoms with Crippen LogP contribution in [0.5, 0.6) is 5.88 Å². The average molecular weight is 406 g/mol. The Morgan fingerprint density at radius 3 is 2.93 bits per heavy atom. The second-order valence-electron chi connectivity index (χ2n) is 6.99. The second kappa shape index (κ2) is 8.31. The Morgan fingerprint density at radius 2 is 2.22 bits per heavy atom.